The maximum absolute atomic E-state index is 13.0. The number of nitrogens with zero attached hydrogens (tertiary/aromatic N) is 3. The molecule has 0 spiro atoms. The highest BCUT2D eigenvalue weighted by Gasteiger charge is 2.35. The SMILES string of the molecule is CN(Cc1cnn(-c2ccccc2)c1)C(=O)C1CNNC1c1ccccc1. The Balaban J connectivity index is 1.44. The number of carbonyl (C=O) groups is 1. The molecule has 1 aliphatic rings. The molecular weight excluding hydrogens is 338 g/mol. The van der Waals surface area contributed by atoms with Crippen molar-refractivity contribution in [2.45, 2.75) is 12.6 Å². The molecule has 0 radical (unpaired) electrons. The number of aromatic nitrogens is 2. The molecular formula is C21H23N5O. The molecule has 0 saturated carbocycles. The largest absolute Gasteiger partial charge is 0.341 e. The van der Waals surface area contributed by atoms with Gasteiger partial charge in [-0.3, -0.25) is 10.2 Å². The molecule has 3 aromatic rings. The van der Waals surface area contributed by atoms with Crippen LogP contribution in [-0.4, -0.2) is 34.2 Å². The van der Waals surface area contributed by atoms with Gasteiger partial charge in [-0.15, -0.1) is 0 Å². The fourth-order valence-electron chi connectivity index (χ4n) is 3.50. The van der Waals surface area contributed by atoms with Gasteiger partial charge in [0.15, 0.2) is 0 Å². The topological polar surface area (TPSA) is 62.2 Å². The Morgan fingerprint density at radius 2 is 1.85 bits per heavy atom. The number of nitrogens with one attached hydrogen (secondary N) is 2. The first kappa shape index (κ1) is 17.5. The van der Waals surface area contributed by atoms with Gasteiger partial charge in [0.1, 0.15) is 0 Å². The first-order valence-corrected chi connectivity index (χ1v) is 9.09. The Bertz CT molecular complexity index is 893. The number of rotatable bonds is 5. The number of hydrazine groups is 1. The van der Waals surface area contributed by atoms with Crippen molar-refractivity contribution in [2.75, 3.05) is 13.6 Å². The summed E-state index contributed by atoms with van der Waals surface area (Å²) in [6.07, 6.45) is 3.79. The van der Waals surface area contributed by atoms with Gasteiger partial charge in [0.25, 0.3) is 0 Å². The molecule has 1 amide bonds. The van der Waals surface area contributed by atoms with Crippen LogP contribution in [0, 0.1) is 5.92 Å². The summed E-state index contributed by atoms with van der Waals surface area (Å²) in [5.74, 6) is -0.0182. The van der Waals surface area contributed by atoms with E-state index < -0.39 is 0 Å². The van der Waals surface area contributed by atoms with Crippen LogP contribution in [0.2, 0.25) is 0 Å². The molecule has 6 nitrogen and oxygen atoms in total. The summed E-state index contributed by atoms with van der Waals surface area (Å²) in [6, 6.07) is 20.0. The van der Waals surface area contributed by atoms with Gasteiger partial charge in [0.05, 0.1) is 23.8 Å². The lowest BCUT2D eigenvalue weighted by Gasteiger charge is -2.24. The molecule has 2 atom stereocenters. The van der Waals surface area contributed by atoms with Gasteiger partial charge < -0.3 is 4.90 Å². The van der Waals surface area contributed by atoms with E-state index in [9.17, 15) is 4.79 Å². The molecule has 1 aromatic heterocycles. The lowest BCUT2D eigenvalue weighted by atomic mass is 9.94. The van der Waals surface area contributed by atoms with Crippen LogP contribution in [0.15, 0.2) is 73.1 Å². The van der Waals surface area contributed by atoms with Crippen molar-refractivity contribution < 1.29 is 4.79 Å². The van der Waals surface area contributed by atoms with Crippen molar-refractivity contribution in [1.29, 1.82) is 0 Å². The number of hydrogen-bond donors (Lipinski definition) is 2. The van der Waals surface area contributed by atoms with Gasteiger partial charge in [-0.05, 0) is 17.7 Å². The monoisotopic (exact) mass is 361 g/mol. The van der Waals surface area contributed by atoms with Crippen LogP contribution < -0.4 is 10.9 Å². The summed E-state index contributed by atoms with van der Waals surface area (Å²) in [7, 11) is 1.85. The summed E-state index contributed by atoms with van der Waals surface area (Å²) in [5, 5.41) is 4.41. The highest BCUT2D eigenvalue weighted by Crippen LogP contribution is 2.26. The molecule has 138 valence electrons. The summed E-state index contributed by atoms with van der Waals surface area (Å²) in [6.45, 7) is 1.15. The normalized spacial score (nSPS) is 19.1. The van der Waals surface area contributed by atoms with Crippen LogP contribution in [-0.2, 0) is 11.3 Å². The molecule has 2 N–H and O–H groups in total. The van der Waals surface area contributed by atoms with E-state index in [-0.39, 0.29) is 17.9 Å². The van der Waals surface area contributed by atoms with Crippen molar-refractivity contribution in [2.24, 2.45) is 5.92 Å². The fourth-order valence-corrected chi connectivity index (χ4v) is 3.50. The zero-order valence-electron chi connectivity index (χ0n) is 15.2. The first-order chi connectivity index (χ1) is 13.2. The Morgan fingerprint density at radius 1 is 1.15 bits per heavy atom. The minimum absolute atomic E-state index is 0.0202. The quantitative estimate of drug-likeness (QED) is 0.732. The summed E-state index contributed by atoms with van der Waals surface area (Å²) < 4.78 is 1.83. The first-order valence-electron chi connectivity index (χ1n) is 9.09. The average Bonchev–Trinajstić information content (AvgIpc) is 3.38. The number of benzene rings is 2. The minimum Gasteiger partial charge on any atom is -0.341 e. The summed E-state index contributed by atoms with van der Waals surface area (Å²) in [4.78, 5) is 14.8. The molecule has 0 bridgehead atoms. The van der Waals surface area contributed by atoms with Gasteiger partial charge in [0, 0.05) is 31.9 Å². The van der Waals surface area contributed by atoms with Crippen LogP contribution >= 0.6 is 0 Å². The van der Waals surface area contributed by atoms with Crippen molar-refractivity contribution in [3.63, 3.8) is 0 Å². The Kier molecular flexibility index (Phi) is 5.00. The zero-order valence-corrected chi connectivity index (χ0v) is 15.2. The number of para-hydroxylation sites is 1. The van der Waals surface area contributed by atoms with Crippen LogP contribution in [0.25, 0.3) is 5.69 Å². The Hall–Kier alpha value is -2.96. The lowest BCUT2D eigenvalue weighted by Crippen LogP contribution is -2.36. The van der Waals surface area contributed by atoms with Crippen molar-refractivity contribution in [3.8, 4) is 5.69 Å². The molecule has 4 rings (SSSR count). The lowest BCUT2D eigenvalue weighted by molar-refractivity contribution is -0.134. The maximum Gasteiger partial charge on any atom is 0.229 e. The summed E-state index contributed by atoms with van der Waals surface area (Å²) in [5.41, 5.74) is 9.49. The van der Waals surface area contributed by atoms with Gasteiger partial charge in [-0.1, -0.05) is 48.5 Å². The van der Waals surface area contributed by atoms with Crippen molar-refractivity contribution in [3.05, 3.63) is 84.2 Å². The number of amides is 1. The second-order valence-corrected chi connectivity index (χ2v) is 6.84. The second kappa shape index (κ2) is 7.73. The van der Waals surface area contributed by atoms with E-state index in [0.717, 1.165) is 16.8 Å². The number of hydrogen-bond acceptors (Lipinski definition) is 4. The molecule has 27 heavy (non-hydrogen) atoms. The molecule has 1 saturated heterocycles. The molecule has 2 aromatic carbocycles. The third kappa shape index (κ3) is 3.77. The van der Waals surface area contributed by atoms with Crippen LogP contribution in [0.3, 0.4) is 0 Å². The van der Waals surface area contributed by atoms with Crippen LogP contribution in [0.1, 0.15) is 17.2 Å². The molecule has 2 unspecified atom stereocenters. The molecule has 1 aliphatic heterocycles. The van der Waals surface area contributed by atoms with Crippen LogP contribution in [0.5, 0.6) is 0 Å². The van der Waals surface area contributed by atoms with Crippen molar-refractivity contribution in [1.82, 2.24) is 25.5 Å². The zero-order chi connectivity index (χ0) is 18.6. The Morgan fingerprint density at radius 3 is 2.59 bits per heavy atom. The third-order valence-electron chi connectivity index (χ3n) is 4.91. The van der Waals surface area contributed by atoms with E-state index in [1.54, 1.807) is 4.90 Å². The predicted molar refractivity (Wildman–Crippen MR) is 104 cm³/mol. The average molecular weight is 361 g/mol. The molecule has 2 heterocycles. The molecule has 1 fully saturated rings. The van der Waals surface area contributed by atoms with Crippen molar-refractivity contribution >= 4 is 5.91 Å². The van der Waals surface area contributed by atoms with Gasteiger partial charge in [-0.2, -0.15) is 5.10 Å². The predicted octanol–water partition coefficient (Wildman–Crippen LogP) is 2.30. The molecule has 6 heteroatoms. The third-order valence-corrected chi connectivity index (χ3v) is 4.91. The van der Waals surface area contributed by atoms with Gasteiger partial charge in [-0.25, -0.2) is 10.1 Å². The maximum atomic E-state index is 13.0. The Labute approximate surface area is 158 Å². The van der Waals surface area contributed by atoms with E-state index in [2.05, 4.69) is 28.1 Å². The number of carbonyl (C=O) groups excluding carboxylic acids is 1. The smallest absolute Gasteiger partial charge is 0.229 e. The van der Waals surface area contributed by atoms with E-state index in [4.69, 9.17) is 0 Å². The standard InChI is InChI=1S/C21H23N5O/c1-25(14-16-12-23-26(15-16)18-10-6-3-7-11-18)21(27)19-13-22-24-20(19)17-8-4-2-5-9-17/h2-12,15,19-20,22,24H,13-14H2,1H3. The fraction of sp³-hybridized carbons (Fsp3) is 0.238. The second-order valence-electron chi connectivity index (χ2n) is 6.84. The molecule has 0 aliphatic carbocycles. The highest BCUT2D eigenvalue weighted by molar-refractivity contribution is 5.80. The van der Waals surface area contributed by atoms with E-state index >= 15 is 0 Å². The highest BCUT2D eigenvalue weighted by atomic mass is 16.2. The van der Waals surface area contributed by atoms with Crippen LogP contribution in [0.4, 0.5) is 0 Å². The van der Waals surface area contributed by atoms with E-state index in [1.165, 1.54) is 0 Å². The van der Waals surface area contributed by atoms with Gasteiger partial charge in [0.2, 0.25) is 5.91 Å². The van der Waals surface area contributed by atoms with E-state index in [1.807, 2.05) is 72.7 Å². The van der Waals surface area contributed by atoms with Gasteiger partial charge >= 0.3 is 0 Å². The minimum atomic E-state index is -0.137. The van der Waals surface area contributed by atoms with E-state index in [0.29, 0.717) is 13.1 Å². The summed E-state index contributed by atoms with van der Waals surface area (Å²) >= 11 is 0.